The monoisotopic (exact) mass is 347 g/mol. The summed E-state index contributed by atoms with van der Waals surface area (Å²) in [6, 6.07) is 19.2. The molecule has 0 unspecified atom stereocenters. The van der Waals surface area contributed by atoms with Gasteiger partial charge >= 0.3 is 0 Å². The maximum Gasteiger partial charge on any atom is 0.256 e. The highest BCUT2D eigenvalue weighted by Gasteiger charge is 2.30. The number of hydrazone groups is 1. The molecular weight excluding hydrogens is 322 g/mol. The topological polar surface area (TPSA) is 35.9 Å². The predicted molar refractivity (Wildman–Crippen MR) is 104 cm³/mol. The van der Waals surface area contributed by atoms with Gasteiger partial charge in [0.15, 0.2) is 0 Å². The smallest absolute Gasteiger partial charge is 0.256 e. The molecule has 0 N–H and O–H groups in total. The zero-order valence-electron chi connectivity index (χ0n) is 15.3. The molecule has 1 atom stereocenters. The van der Waals surface area contributed by atoms with Crippen LogP contribution in [0, 0.1) is 6.92 Å². The average Bonchev–Trinajstić information content (AvgIpc) is 3.33. The molecular formula is C22H25N3O. The van der Waals surface area contributed by atoms with Crippen LogP contribution in [0.4, 0.5) is 0 Å². The summed E-state index contributed by atoms with van der Waals surface area (Å²) in [5.74, 6) is 0.106. The van der Waals surface area contributed by atoms with E-state index in [1.165, 1.54) is 11.1 Å². The number of nitrogens with zero attached hydrogens (tertiary/aromatic N) is 3. The van der Waals surface area contributed by atoms with E-state index in [1.54, 1.807) is 5.01 Å². The van der Waals surface area contributed by atoms with E-state index in [4.69, 9.17) is 0 Å². The highest BCUT2D eigenvalue weighted by molar-refractivity contribution is 6.02. The molecule has 26 heavy (non-hydrogen) atoms. The minimum atomic E-state index is 0.106. The number of hydrogen-bond donors (Lipinski definition) is 0. The van der Waals surface area contributed by atoms with Crippen LogP contribution in [0.25, 0.3) is 0 Å². The van der Waals surface area contributed by atoms with Crippen LogP contribution < -0.4 is 0 Å². The van der Waals surface area contributed by atoms with Crippen molar-refractivity contribution in [1.29, 1.82) is 0 Å². The number of benzene rings is 2. The standard InChI is InChI=1S/C22H25N3O/c1-17-9-11-19(12-10-17)21-8-5-14-24(21)16-22(26)25-15-13-20(23-25)18-6-3-2-4-7-18/h2-4,6-7,9-12,21H,5,8,13-16H2,1H3/t21-/m0/s1. The highest BCUT2D eigenvalue weighted by atomic mass is 16.2. The van der Waals surface area contributed by atoms with Crippen LogP contribution in [0.1, 0.15) is 42.0 Å². The molecule has 2 heterocycles. The number of carbonyl (C=O) groups is 1. The second kappa shape index (κ2) is 7.42. The van der Waals surface area contributed by atoms with Gasteiger partial charge in [-0.3, -0.25) is 9.69 Å². The van der Waals surface area contributed by atoms with Crippen molar-refractivity contribution in [2.45, 2.75) is 32.2 Å². The normalized spacial score (nSPS) is 20.4. The van der Waals surface area contributed by atoms with Gasteiger partial charge in [0.2, 0.25) is 0 Å². The van der Waals surface area contributed by atoms with Crippen LogP contribution in [0.2, 0.25) is 0 Å². The van der Waals surface area contributed by atoms with Crippen LogP contribution >= 0.6 is 0 Å². The lowest BCUT2D eigenvalue weighted by Crippen LogP contribution is -2.36. The predicted octanol–water partition coefficient (Wildman–Crippen LogP) is 3.77. The van der Waals surface area contributed by atoms with Gasteiger partial charge in [0, 0.05) is 12.5 Å². The van der Waals surface area contributed by atoms with Crippen molar-refractivity contribution in [3.05, 3.63) is 71.3 Å². The SMILES string of the molecule is Cc1ccc([C@@H]2CCCN2CC(=O)N2CCC(c3ccccc3)=N2)cc1. The molecule has 4 nitrogen and oxygen atoms in total. The summed E-state index contributed by atoms with van der Waals surface area (Å²) in [7, 11) is 0. The molecule has 1 saturated heterocycles. The van der Waals surface area contributed by atoms with E-state index in [-0.39, 0.29) is 5.91 Å². The Balaban J connectivity index is 1.43. The molecule has 2 aliphatic heterocycles. The van der Waals surface area contributed by atoms with Gasteiger partial charge in [-0.2, -0.15) is 5.10 Å². The van der Waals surface area contributed by atoms with Gasteiger partial charge in [-0.25, -0.2) is 5.01 Å². The van der Waals surface area contributed by atoms with Crippen molar-refractivity contribution in [3.63, 3.8) is 0 Å². The molecule has 2 aromatic rings. The first kappa shape index (κ1) is 17.0. The van der Waals surface area contributed by atoms with Gasteiger partial charge in [-0.15, -0.1) is 0 Å². The summed E-state index contributed by atoms with van der Waals surface area (Å²) in [5, 5.41) is 6.24. The summed E-state index contributed by atoms with van der Waals surface area (Å²) in [6.45, 7) is 4.22. The van der Waals surface area contributed by atoms with Crippen LogP contribution in [0.15, 0.2) is 59.7 Å². The Morgan fingerprint density at radius 1 is 1.08 bits per heavy atom. The quantitative estimate of drug-likeness (QED) is 0.844. The number of hydrogen-bond acceptors (Lipinski definition) is 3. The van der Waals surface area contributed by atoms with Gasteiger partial charge in [-0.05, 0) is 37.4 Å². The van der Waals surface area contributed by atoms with E-state index >= 15 is 0 Å². The number of rotatable bonds is 4. The van der Waals surface area contributed by atoms with Crippen molar-refractivity contribution in [2.24, 2.45) is 5.10 Å². The summed E-state index contributed by atoms with van der Waals surface area (Å²) >= 11 is 0. The largest absolute Gasteiger partial charge is 0.287 e. The van der Waals surface area contributed by atoms with Crippen LogP contribution in [-0.2, 0) is 4.79 Å². The molecule has 0 aliphatic carbocycles. The van der Waals surface area contributed by atoms with Crippen molar-refractivity contribution < 1.29 is 4.79 Å². The lowest BCUT2D eigenvalue weighted by Gasteiger charge is -2.25. The lowest BCUT2D eigenvalue weighted by molar-refractivity contribution is -0.132. The first-order chi connectivity index (χ1) is 12.7. The molecule has 2 aromatic carbocycles. The minimum absolute atomic E-state index is 0.106. The first-order valence-electron chi connectivity index (χ1n) is 9.44. The first-order valence-corrected chi connectivity index (χ1v) is 9.44. The summed E-state index contributed by atoms with van der Waals surface area (Å²) in [5.41, 5.74) is 4.71. The van der Waals surface area contributed by atoms with Crippen LogP contribution in [0.3, 0.4) is 0 Å². The van der Waals surface area contributed by atoms with Gasteiger partial charge in [-0.1, -0.05) is 60.2 Å². The van der Waals surface area contributed by atoms with E-state index < -0.39 is 0 Å². The van der Waals surface area contributed by atoms with E-state index in [1.807, 2.05) is 18.2 Å². The molecule has 2 aliphatic rings. The Kier molecular flexibility index (Phi) is 4.85. The van der Waals surface area contributed by atoms with Gasteiger partial charge in [0.1, 0.15) is 0 Å². The number of likely N-dealkylation sites (tertiary alicyclic amines) is 1. The van der Waals surface area contributed by atoms with Gasteiger partial charge < -0.3 is 0 Å². The Bertz CT molecular complexity index is 798. The van der Waals surface area contributed by atoms with Gasteiger partial charge in [0.05, 0.1) is 18.8 Å². The molecule has 1 fully saturated rings. The fourth-order valence-electron chi connectivity index (χ4n) is 3.91. The van der Waals surface area contributed by atoms with Crippen molar-refractivity contribution in [3.8, 4) is 0 Å². The fraction of sp³-hybridized carbons (Fsp3) is 0.364. The Morgan fingerprint density at radius 2 is 1.85 bits per heavy atom. The average molecular weight is 347 g/mol. The van der Waals surface area contributed by atoms with Crippen molar-refractivity contribution in [2.75, 3.05) is 19.6 Å². The Labute approximate surface area is 155 Å². The Hall–Kier alpha value is -2.46. The molecule has 4 rings (SSSR count). The third-order valence-corrected chi connectivity index (χ3v) is 5.36. The summed E-state index contributed by atoms with van der Waals surface area (Å²) in [6.07, 6.45) is 3.09. The molecule has 0 spiro atoms. The van der Waals surface area contributed by atoms with E-state index in [2.05, 4.69) is 53.3 Å². The van der Waals surface area contributed by atoms with Crippen LogP contribution in [-0.4, -0.2) is 41.2 Å². The zero-order chi connectivity index (χ0) is 17.9. The van der Waals surface area contributed by atoms with E-state index in [9.17, 15) is 4.79 Å². The molecule has 0 aromatic heterocycles. The Morgan fingerprint density at radius 3 is 2.62 bits per heavy atom. The second-order valence-corrected chi connectivity index (χ2v) is 7.22. The fourth-order valence-corrected chi connectivity index (χ4v) is 3.91. The number of carbonyl (C=O) groups excluding carboxylic acids is 1. The maximum absolute atomic E-state index is 12.8. The minimum Gasteiger partial charge on any atom is -0.287 e. The number of amides is 1. The van der Waals surface area contributed by atoms with Crippen molar-refractivity contribution in [1.82, 2.24) is 9.91 Å². The van der Waals surface area contributed by atoms with Crippen LogP contribution in [0.5, 0.6) is 0 Å². The van der Waals surface area contributed by atoms with E-state index in [0.29, 0.717) is 19.1 Å². The summed E-state index contributed by atoms with van der Waals surface area (Å²) in [4.78, 5) is 15.1. The molecule has 4 heteroatoms. The molecule has 134 valence electrons. The second-order valence-electron chi connectivity index (χ2n) is 7.22. The highest BCUT2D eigenvalue weighted by Crippen LogP contribution is 2.32. The molecule has 0 saturated carbocycles. The van der Waals surface area contributed by atoms with Gasteiger partial charge in [0.25, 0.3) is 5.91 Å². The molecule has 0 radical (unpaired) electrons. The van der Waals surface area contributed by atoms with E-state index in [0.717, 1.165) is 37.1 Å². The maximum atomic E-state index is 12.8. The third kappa shape index (κ3) is 3.56. The van der Waals surface area contributed by atoms with Crippen molar-refractivity contribution >= 4 is 11.6 Å². The summed E-state index contributed by atoms with van der Waals surface area (Å²) < 4.78 is 0. The third-order valence-electron chi connectivity index (χ3n) is 5.36. The number of aryl methyl sites for hydroxylation is 1. The lowest BCUT2D eigenvalue weighted by atomic mass is 10.0. The molecule has 0 bridgehead atoms. The molecule has 1 amide bonds. The zero-order valence-corrected chi connectivity index (χ0v) is 15.3.